The molecule has 142 valence electrons. The highest BCUT2D eigenvalue weighted by molar-refractivity contribution is 6.23. The van der Waals surface area contributed by atoms with Crippen molar-refractivity contribution in [2.24, 2.45) is 0 Å². The fourth-order valence-electron chi connectivity index (χ4n) is 3.17. The number of carbonyl (C=O) groups is 1. The Bertz CT molecular complexity index is 1130. The van der Waals surface area contributed by atoms with Crippen molar-refractivity contribution in [3.63, 3.8) is 0 Å². The minimum absolute atomic E-state index is 0.00358. The zero-order valence-corrected chi connectivity index (χ0v) is 15.2. The lowest BCUT2D eigenvalue weighted by Gasteiger charge is -2.20. The van der Waals surface area contributed by atoms with Crippen molar-refractivity contribution in [3.8, 4) is 5.75 Å². The first-order valence-corrected chi connectivity index (χ1v) is 8.90. The van der Waals surface area contributed by atoms with Crippen molar-refractivity contribution >= 4 is 29.1 Å². The molecule has 0 atom stereocenters. The minimum atomic E-state index is -0.461. The molecule has 1 aliphatic rings. The summed E-state index contributed by atoms with van der Waals surface area (Å²) in [6, 6.07) is 22.0. The summed E-state index contributed by atoms with van der Waals surface area (Å²) in [4.78, 5) is 25.2. The molecule has 0 saturated heterocycles. The molecule has 0 aromatic heterocycles. The maximum absolute atomic E-state index is 13.2. The summed E-state index contributed by atoms with van der Waals surface area (Å²) in [6.45, 7) is 0. The Hall–Kier alpha value is -4.19. The molecule has 29 heavy (non-hydrogen) atoms. The average Bonchev–Trinajstić information content (AvgIpc) is 3.06. The number of hydrogen-bond donors (Lipinski definition) is 1. The first-order valence-electron chi connectivity index (χ1n) is 8.90. The Morgan fingerprint density at radius 1 is 0.897 bits per heavy atom. The maximum atomic E-state index is 13.2. The van der Waals surface area contributed by atoms with E-state index in [1.807, 2.05) is 30.3 Å². The molecule has 6 nitrogen and oxygen atoms in total. The molecular formula is C23H16N2O4. The number of anilines is 1. The first-order chi connectivity index (χ1) is 14.0. The summed E-state index contributed by atoms with van der Waals surface area (Å²) in [5.74, 6) is -0.0971. The van der Waals surface area contributed by atoms with Crippen LogP contribution in [0.3, 0.4) is 0 Å². The van der Waals surface area contributed by atoms with Crippen LogP contribution in [0.5, 0.6) is 5.75 Å². The second-order valence-corrected chi connectivity index (χ2v) is 6.50. The molecule has 1 amide bonds. The Balaban J connectivity index is 1.77. The number of aromatic hydroxyl groups is 1. The van der Waals surface area contributed by atoms with Crippen molar-refractivity contribution in [2.45, 2.75) is 0 Å². The van der Waals surface area contributed by atoms with Crippen LogP contribution in [0.2, 0.25) is 0 Å². The molecule has 0 aliphatic carbocycles. The Morgan fingerprint density at radius 3 is 2.17 bits per heavy atom. The number of non-ortho nitro benzene ring substituents is 1. The summed E-state index contributed by atoms with van der Waals surface area (Å²) in [6.07, 6.45) is 3.50. The van der Waals surface area contributed by atoms with Crippen LogP contribution in [-0.4, -0.2) is 15.9 Å². The van der Waals surface area contributed by atoms with Crippen LogP contribution in [0, 0.1) is 10.1 Å². The number of rotatable bonds is 4. The molecule has 0 unspecified atom stereocenters. The van der Waals surface area contributed by atoms with Gasteiger partial charge in [0.15, 0.2) is 0 Å². The van der Waals surface area contributed by atoms with E-state index in [9.17, 15) is 20.0 Å². The van der Waals surface area contributed by atoms with Crippen molar-refractivity contribution in [3.05, 3.63) is 112 Å². The molecule has 6 heteroatoms. The lowest BCUT2D eigenvalue weighted by Crippen LogP contribution is -2.24. The summed E-state index contributed by atoms with van der Waals surface area (Å²) >= 11 is 0. The second-order valence-electron chi connectivity index (χ2n) is 6.50. The Kier molecular flexibility index (Phi) is 4.66. The van der Waals surface area contributed by atoms with E-state index in [2.05, 4.69) is 0 Å². The van der Waals surface area contributed by atoms with Gasteiger partial charge in [-0.2, -0.15) is 0 Å². The third kappa shape index (κ3) is 3.64. The number of phenols is 1. The van der Waals surface area contributed by atoms with E-state index < -0.39 is 4.92 Å². The lowest BCUT2D eigenvalue weighted by atomic mass is 10.1. The largest absolute Gasteiger partial charge is 0.508 e. The van der Waals surface area contributed by atoms with E-state index in [0.29, 0.717) is 16.8 Å². The predicted octanol–water partition coefficient (Wildman–Crippen LogP) is 4.77. The number of phenolic OH excluding ortho intramolecular Hbond substituents is 1. The van der Waals surface area contributed by atoms with Gasteiger partial charge in [0.1, 0.15) is 5.75 Å². The van der Waals surface area contributed by atoms with Gasteiger partial charge in [-0.15, -0.1) is 0 Å². The van der Waals surface area contributed by atoms with E-state index in [4.69, 9.17) is 0 Å². The molecule has 0 bridgehead atoms. The summed E-state index contributed by atoms with van der Waals surface area (Å²) < 4.78 is 0. The van der Waals surface area contributed by atoms with Gasteiger partial charge in [0, 0.05) is 23.4 Å². The minimum Gasteiger partial charge on any atom is -0.508 e. The number of hydrogen-bond acceptors (Lipinski definition) is 4. The third-order valence-electron chi connectivity index (χ3n) is 4.59. The maximum Gasteiger partial charge on any atom is 0.269 e. The van der Waals surface area contributed by atoms with Gasteiger partial charge in [0.25, 0.3) is 11.6 Å². The van der Waals surface area contributed by atoms with Crippen LogP contribution in [0.15, 0.2) is 90.5 Å². The highest BCUT2D eigenvalue weighted by Crippen LogP contribution is 2.35. The van der Waals surface area contributed by atoms with Gasteiger partial charge in [0.2, 0.25) is 0 Å². The number of carbonyl (C=O) groups excluding carboxylic acids is 1. The molecule has 0 spiro atoms. The monoisotopic (exact) mass is 384 g/mol. The van der Waals surface area contributed by atoms with Gasteiger partial charge < -0.3 is 5.11 Å². The molecule has 1 aliphatic heterocycles. The van der Waals surface area contributed by atoms with Crippen molar-refractivity contribution in [2.75, 3.05) is 4.90 Å². The van der Waals surface area contributed by atoms with Crippen molar-refractivity contribution < 1.29 is 14.8 Å². The SMILES string of the molecule is O=C1/C(=C/c2ccc([N+](=O)[O-])cc2)C=C(c2ccccc2)N1c1ccc(O)cc1. The molecule has 1 heterocycles. The van der Waals surface area contributed by atoms with Crippen molar-refractivity contribution in [1.82, 2.24) is 0 Å². The Morgan fingerprint density at radius 2 is 1.55 bits per heavy atom. The van der Waals surface area contributed by atoms with Crippen LogP contribution < -0.4 is 4.90 Å². The lowest BCUT2D eigenvalue weighted by molar-refractivity contribution is -0.384. The summed E-state index contributed by atoms with van der Waals surface area (Å²) in [5, 5.41) is 20.4. The number of nitro benzene ring substituents is 1. The number of nitro groups is 1. The van der Waals surface area contributed by atoms with Crippen LogP contribution in [0.4, 0.5) is 11.4 Å². The van der Waals surface area contributed by atoms with Crippen LogP contribution in [-0.2, 0) is 4.79 Å². The van der Waals surface area contributed by atoms with Crippen LogP contribution >= 0.6 is 0 Å². The molecule has 0 radical (unpaired) electrons. The first kappa shape index (κ1) is 18.2. The van der Waals surface area contributed by atoms with Gasteiger partial charge >= 0.3 is 0 Å². The highest BCUT2D eigenvalue weighted by Gasteiger charge is 2.30. The number of benzene rings is 3. The smallest absolute Gasteiger partial charge is 0.269 e. The zero-order chi connectivity index (χ0) is 20.4. The van der Waals surface area contributed by atoms with E-state index in [1.165, 1.54) is 24.3 Å². The van der Waals surface area contributed by atoms with E-state index >= 15 is 0 Å². The number of nitrogens with zero attached hydrogens (tertiary/aromatic N) is 2. The van der Waals surface area contributed by atoms with E-state index in [-0.39, 0.29) is 17.3 Å². The van der Waals surface area contributed by atoms with E-state index in [1.54, 1.807) is 41.3 Å². The summed E-state index contributed by atoms with van der Waals surface area (Å²) in [7, 11) is 0. The van der Waals surface area contributed by atoms with Crippen LogP contribution in [0.25, 0.3) is 11.8 Å². The normalized spacial score (nSPS) is 14.9. The molecule has 1 N–H and O–H groups in total. The topological polar surface area (TPSA) is 83.7 Å². The highest BCUT2D eigenvalue weighted by atomic mass is 16.6. The van der Waals surface area contributed by atoms with Gasteiger partial charge in [-0.1, -0.05) is 30.3 Å². The summed E-state index contributed by atoms with van der Waals surface area (Å²) in [5.41, 5.74) is 3.38. The van der Waals surface area contributed by atoms with Crippen LogP contribution in [0.1, 0.15) is 11.1 Å². The third-order valence-corrected chi connectivity index (χ3v) is 4.59. The zero-order valence-electron chi connectivity index (χ0n) is 15.2. The second kappa shape index (κ2) is 7.44. The van der Waals surface area contributed by atoms with Gasteiger partial charge in [0.05, 0.1) is 10.6 Å². The fourth-order valence-corrected chi connectivity index (χ4v) is 3.17. The Labute approximate surface area is 166 Å². The van der Waals surface area contributed by atoms with Gasteiger partial charge in [-0.3, -0.25) is 19.8 Å². The average molecular weight is 384 g/mol. The molecule has 3 aromatic carbocycles. The fraction of sp³-hybridized carbons (Fsp3) is 0. The van der Waals surface area contributed by atoms with Gasteiger partial charge in [-0.25, -0.2) is 0 Å². The standard InChI is InChI=1S/C23H16N2O4/c26-21-12-10-19(11-13-21)24-22(17-4-2-1-3-5-17)15-18(23(24)27)14-16-6-8-20(9-7-16)25(28)29/h1-15,26H/b18-14+. The van der Waals surface area contributed by atoms with Crippen molar-refractivity contribution in [1.29, 1.82) is 0 Å². The predicted molar refractivity (Wildman–Crippen MR) is 111 cm³/mol. The molecular weight excluding hydrogens is 368 g/mol. The molecule has 4 rings (SSSR count). The van der Waals surface area contributed by atoms with E-state index in [0.717, 1.165) is 11.3 Å². The van der Waals surface area contributed by atoms with Gasteiger partial charge in [-0.05, 0) is 59.7 Å². The molecule has 3 aromatic rings. The molecule has 0 fully saturated rings. The quantitative estimate of drug-likeness (QED) is 0.399. The molecule has 0 saturated carbocycles. The number of amides is 1.